The third-order valence-electron chi connectivity index (χ3n) is 3.37. The second-order valence-electron chi connectivity index (χ2n) is 5.21. The molecule has 130 valence electrons. The van der Waals surface area contributed by atoms with Crippen molar-refractivity contribution in [2.75, 3.05) is 0 Å². The maximum Gasteiger partial charge on any atom is 0.202 e. The summed E-state index contributed by atoms with van der Waals surface area (Å²) in [6.07, 6.45) is 0. The predicted molar refractivity (Wildman–Crippen MR) is 111 cm³/mol. The molecule has 0 aliphatic heterocycles. The molecule has 0 saturated carbocycles. The van der Waals surface area contributed by atoms with Crippen molar-refractivity contribution in [2.24, 2.45) is 0 Å². The summed E-state index contributed by atoms with van der Waals surface area (Å²) in [4.78, 5) is 1.03. The SMILES string of the molecule is Oc1cc(CSc2cc(Br)cc(Br)c2)c(O)n1-c1cc(Cl)cc(Cl)c1. The molecule has 0 saturated heterocycles. The molecule has 0 aliphatic carbocycles. The van der Waals surface area contributed by atoms with E-state index >= 15 is 0 Å². The molecule has 3 aromatic rings. The average molecular weight is 524 g/mol. The molecule has 2 N–H and O–H groups in total. The van der Waals surface area contributed by atoms with E-state index in [2.05, 4.69) is 31.9 Å². The highest BCUT2D eigenvalue weighted by Crippen LogP contribution is 2.37. The van der Waals surface area contributed by atoms with Gasteiger partial charge in [0.2, 0.25) is 5.88 Å². The summed E-state index contributed by atoms with van der Waals surface area (Å²) in [5.41, 5.74) is 1.10. The molecule has 8 heteroatoms. The van der Waals surface area contributed by atoms with Gasteiger partial charge in [-0.2, -0.15) is 0 Å². The number of thioether (sulfide) groups is 1. The fourth-order valence-electron chi connectivity index (χ4n) is 2.34. The number of aromatic hydroxyl groups is 2. The van der Waals surface area contributed by atoms with E-state index in [1.54, 1.807) is 30.0 Å². The van der Waals surface area contributed by atoms with Crippen LogP contribution in [0.4, 0.5) is 0 Å². The molecule has 2 aromatic carbocycles. The van der Waals surface area contributed by atoms with Crippen LogP contribution in [0.1, 0.15) is 5.56 Å². The number of rotatable bonds is 4. The summed E-state index contributed by atoms with van der Waals surface area (Å²) < 4.78 is 3.23. The molecule has 0 fully saturated rings. The fourth-order valence-corrected chi connectivity index (χ4v) is 5.41. The number of benzene rings is 2. The Bertz CT molecular complexity index is 906. The molecule has 0 radical (unpaired) electrons. The van der Waals surface area contributed by atoms with Crippen LogP contribution in [0, 0.1) is 0 Å². The maximum absolute atomic E-state index is 10.5. The van der Waals surface area contributed by atoms with Crippen molar-refractivity contribution in [3.05, 3.63) is 67.0 Å². The first kappa shape index (κ1) is 19.0. The molecule has 0 bridgehead atoms. The molecule has 1 heterocycles. The Kier molecular flexibility index (Phi) is 5.96. The van der Waals surface area contributed by atoms with Gasteiger partial charge in [-0.05, 0) is 36.4 Å². The van der Waals surface area contributed by atoms with Gasteiger partial charge in [-0.3, -0.25) is 4.57 Å². The van der Waals surface area contributed by atoms with Crippen molar-refractivity contribution in [1.29, 1.82) is 0 Å². The largest absolute Gasteiger partial charge is 0.494 e. The lowest BCUT2D eigenvalue weighted by atomic mass is 10.3. The van der Waals surface area contributed by atoms with E-state index < -0.39 is 0 Å². The molecule has 25 heavy (non-hydrogen) atoms. The Labute approximate surface area is 175 Å². The number of aromatic nitrogens is 1. The van der Waals surface area contributed by atoms with Gasteiger partial charge in [-0.25, -0.2) is 0 Å². The second kappa shape index (κ2) is 7.84. The monoisotopic (exact) mass is 521 g/mol. The van der Waals surface area contributed by atoms with Crippen LogP contribution in [-0.2, 0) is 5.75 Å². The zero-order chi connectivity index (χ0) is 18.1. The standard InChI is InChI=1S/C17H11Br2Cl2NO2S/c18-10-2-11(19)4-15(3-10)25-8-9-1-16(23)22(17(9)24)14-6-12(20)5-13(21)7-14/h1-7,23-24H,8H2. The van der Waals surface area contributed by atoms with Crippen LogP contribution >= 0.6 is 66.8 Å². The van der Waals surface area contributed by atoms with Crippen LogP contribution < -0.4 is 0 Å². The summed E-state index contributed by atoms with van der Waals surface area (Å²) in [5, 5.41) is 21.6. The molecule has 3 rings (SSSR count). The number of hydrogen-bond acceptors (Lipinski definition) is 3. The van der Waals surface area contributed by atoms with Crippen molar-refractivity contribution >= 4 is 66.8 Å². The zero-order valence-electron chi connectivity index (χ0n) is 12.5. The normalized spacial score (nSPS) is 11.0. The van der Waals surface area contributed by atoms with Crippen LogP contribution in [0.25, 0.3) is 5.69 Å². The molecule has 0 aliphatic rings. The summed E-state index contributed by atoms with van der Waals surface area (Å²) in [5.74, 6) is 0.364. The van der Waals surface area contributed by atoms with E-state index in [9.17, 15) is 10.2 Å². The van der Waals surface area contributed by atoms with Gasteiger partial charge in [0, 0.05) is 41.3 Å². The highest BCUT2D eigenvalue weighted by molar-refractivity contribution is 9.11. The number of nitrogens with zero attached hydrogens (tertiary/aromatic N) is 1. The van der Waals surface area contributed by atoms with Crippen LogP contribution in [0.15, 0.2) is 56.3 Å². The van der Waals surface area contributed by atoms with E-state index in [1.165, 1.54) is 10.6 Å². The fraction of sp³-hybridized carbons (Fsp3) is 0.0588. The molecule has 0 unspecified atom stereocenters. The van der Waals surface area contributed by atoms with Crippen molar-refractivity contribution in [3.63, 3.8) is 0 Å². The highest BCUT2D eigenvalue weighted by Gasteiger charge is 2.16. The summed E-state index contributed by atoms with van der Waals surface area (Å²) >= 11 is 20.5. The Hall–Kier alpha value is -0.790. The summed E-state index contributed by atoms with van der Waals surface area (Å²) in [7, 11) is 0. The maximum atomic E-state index is 10.5. The van der Waals surface area contributed by atoms with Gasteiger partial charge in [0.05, 0.1) is 5.69 Å². The van der Waals surface area contributed by atoms with E-state index in [1.807, 2.05) is 18.2 Å². The van der Waals surface area contributed by atoms with Crippen LogP contribution in [-0.4, -0.2) is 14.8 Å². The van der Waals surface area contributed by atoms with Gasteiger partial charge in [-0.1, -0.05) is 55.1 Å². The van der Waals surface area contributed by atoms with Crippen LogP contribution in [0.3, 0.4) is 0 Å². The third kappa shape index (κ3) is 4.49. The minimum absolute atomic E-state index is 0.0441. The van der Waals surface area contributed by atoms with Gasteiger partial charge < -0.3 is 10.2 Å². The van der Waals surface area contributed by atoms with E-state index in [0.717, 1.165) is 13.8 Å². The van der Waals surface area contributed by atoms with Gasteiger partial charge in [0.15, 0.2) is 5.88 Å². The quantitative estimate of drug-likeness (QED) is 0.361. The Morgan fingerprint density at radius 3 is 2.08 bits per heavy atom. The zero-order valence-corrected chi connectivity index (χ0v) is 18.0. The van der Waals surface area contributed by atoms with Crippen molar-refractivity contribution in [2.45, 2.75) is 10.6 Å². The molecule has 3 nitrogen and oxygen atoms in total. The lowest BCUT2D eigenvalue weighted by molar-refractivity contribution is 0.401. The van der Waals surface area contributed by atoms with Gasteiger partial charge in [-0.15, -0.1) is 11.8 Å². The Morgan fingerprint density at radius 1 is 0.880 bits per heavy atom. The Morgan fingerprint density at radius 2 is 1.48 bits per heavy atom. The van der Waals surface area contributed by atoms with E-state index in [0.29, 0.717) is 27.0 Å². The minimum atomic E-state index is -0.0816. The lowest BCUT2D eigenvalue weighted by Gasteiger charge is -2.09. The molecule has 0 atom stereocenters. The second-order valence-corrected chi connectivity index (χ2v) is 8.96. The van der Waals surface area contributed by atoms with Gasteiger partial charge in [0.1, 0.15) is 0 Å². The number of halogens is 4. The molecular weight excluding hydrogens is 513 g/mol. The minimum Gasteiger partial charge on any atom is -0.494 e. The number of hydrogen-bond donors (Lipinski definition) is 2. The van der Waals surface area contributed by atoms with Gasteiger partial charge in [0.25, 0.3) is 0 Å². The predicted octanol–water partition coefficient (Wildman–Crippen LogP) is 7.01. The average Bonchev–Trinajstić information content (AvgIpc) is 2.77. The molecule has 0 amide bonds. The molecule has 1 aromatic heterocycles. The first-order valence-corrected chi connectivity index (χ1v) is 10.3. The first-order chi connectivity index (χ1) is 11.8. The highest BCUT2D eigenvalue weighted by atomic mass is 79.9. The third-order valence-corrected chi connectivity index (χ3v) is 5.74. The van der Waals surface area contributed by atoms with Crippen molar-refractivity contribution in [1.82, 2.24) is 4.57 Å². The topological polar surface area (TPSA) is 45.4 Å². The first-order valence-electron chi connectivity index (χ1n) is 7.01. The van der Waals surface area contributed by atoms with E-state index in [-0.39, 0.29) is 11.8 Å². The van der Waals surface area contributed by atoms with Crippen LogP contribution in [0.2, 0.25) is 10.0 Å². The van der Waals surface area contributed by atoms with Gasteiger partial charge >= 0.3 is 0 Å². The molecular formula is C17H11Br2Cl2NO2S. The summed E-state index contributed by atoms with van der Waals surface area (Å²) in [6, 6.07) is 12.3. The summed E-state index contributed by atoms with van der Waals surface area (Å²) in [6.45, 7) is 0. The van der Waals surface area contributed by atoms with Crippen molar-refractivity contribution < 1.29 is 10.2 Å². The van der Waals surface area contributed by atoms with E-state index in [4.69, 9.17) is 23.2 Å². The van der Waals surface area contributed by atoms with Crippen molar-refractivity contribution in [3.8, 4) is 17.4 Å². The Balaban J connectivity index is 1.89. The molecule has 0 spiro atoms. The van der Waals surface area contributed by atoms with Crippen LogP contribution in [0.5, 0.6) is 11.8 Å². The lowest BCUT2D eigenvalue weighted by Crippen LogP contribution is -1.93. The smallest absolute Gasteiger partial charge is 0.202 e.